The fourth-order valence-corrected chi connectivity index (χ4v) is 5.69. The average molecular weight is 589 g/mol. The number of esters is 1. The normalized spacial score (nSPS) is 16.5. The van der Waals surface area contributed by atoms with Crippen molar-refractivity contribution in [2.24, 2.45) is 17.8 Å². The highest BCUT2D eigenvalue weighted by molar-refractivity contribution is 6.03. The Hall–Kier alpha value is -4.27. The fraction of sp³-hybridized carbons (Fsp3) is 0.441. The van der Waals surface area contributed by atoms with Crippen molar-refractivity contribution in [3.63, 3.8) is 0 Å². The predicted molar refractivity (Wildman–Crippen MR) is 162 cm³/mol. The van der Waals surface area contributed by atoms with Crippen molar-refractivity contribution in [2.75, 3.05) is 13.7 Å². The lowest BCUT2D eigenvalue weighted by Crippen LogP contribution is -2.47. The van der Waals surface area contributed by atoms with Crippen LogP contribution in [0.4, 0.5) is 0 Å². The van der Waals surface area contributed by atoms with E-state index in [9.17, 15) is 24.0 Å². The van der Waals surface area contributed by atoms with Gasteiger partial charge in [0.25, 0.3) is 0 Å². The third-order valence-electron chi connectivity index (χ3n) is 7.96. The number of nitrogens with one attached hydrogen (secondary N) is 2. The van der Waals surface area contributed by atoms with E-state index in [4.69, 9.17) is 9.47 Å². The van der Waals surface area contributed by atoms with Crippen LogP contribution in [0.25, 0.3) is 10.9 Å². The molecule has 4 rings (SSSR count). The Labute approximate surface area is 251 Å². The Morgan fingerprint density at radius 3 is 2.49 bits per heavy atom. The van der Waals surface area contributed by atoms with E-state index in [0.717, 1.165) is 23.7 Å². The molecular weight excluding hydrogens is 548 g/mol. The lowest BCUT2D eigenvalue weighted by atomic mass is 9.82. The number of amides is 1. The summed E-state index contributed by atoms with van der Waals surface area (Å²) in [7, 11) is 1.56. The first kappa shape index (κ1) is 31.7. The van der Waals surface area contributed by atoms with Crippen LogP contribution >= 0.6 is 0 Å². The van der Waals surface area contributed by atoms with E-state index in [1.165, 1.54) is 0 Å². The molecule has 1 aliphatic rings. The zero-order valence-electron chi connectivity index (χ0n) is 25.0. The molecule has 9 nitrogen and oxygen atoms in total. The van der Waals surface area contributed by atoms with Crippen LogP contribution in [-0.4, -0.2) is 54.0 Å². The van der Waals surface area contributed by atoms with Crippen molar-refractivity contribution in [1.29, 1.82) is 0 Å². The minimum atomic E-state index is -1.02. The lowest BCUT2D eigenvalue weighted by molar-refractivity contribution is -0.133. The lowest BCUT2D eigenvalue weighted by Gasteiger charge is -2.27. The number of ether oxygens (including phenoxy) is 2. The first-order valence-corrected chi connectivity index (χ1v) is 14.9. The summed E-state index contributed by atoms with van der Waals surface area (Å²) in [5, 5.41) is 3.61. The summed E-state index contributed by atoms with van der Waals surface area (Å²) in [6.07, 6.45) is 3.26. The summed E-state index contributed by atoms with van der Waals surface area (Å²) in [6, 6.07) is 14.5. The molecular formula is C34H40N2O7. The monoisotopic (exact) mass is 588 g/mol. The number of Topliss-reactive ketones (excluding diaryl/α,β-unsaturated/α-hetero) is 3. The van der Waals surface area contributed by atoms with E-state index < -0.39 is 36.2 Å². The Balaban J connectivity index is 1.49. The molecule has 1 aliphatic carbocycles. The molecule has 1 heterocycles. The van der Waals surface area contributed by atoms with Crippen LogP contribution in [0, 0.1) is 17.8 Å². The van der Waals surface area contributed by atoms with E-state index in [1.54, 1.807) is 43.5 Å². The zero-order chi connectivity index (χ0) is 30.9. The molecule has 43 heavy (non-hydrogen) atoms. The van der Waals surface area contributed by atoms with Gasteiger partial charge in [0.1, 0.15) is 11.5 Å². The third kappa shape index (κ3) is 8.40. The number of hydrogen-bond acceptors (Lipinski definition) is 7. The maximum Gasteiger partial charge on any atom is 0.338 e. The van der Waals surface area contributed by atoms with Crippen molar-refractivity contribution in [1.82, 2.24) is 10.3 Å². The molecule has 2 N–H and O–H groups in total. The number of hydrogen-bond donors (Lipinski definition) is 2. The molecule has 0 aliphatic heterocycles. The summed E-state index contributed by atoms with van der Waals surface area (Å²) in [6.45, 7) is 3.39. The van der Waals surface area contributed by atoms with Gasteiger partial charge in [0.05, 0.1) is 24.4 Å². The standard InChI is InChI=1S/C34H40N2O7/c1-21(2)16-24(18-30(38)28-19-25-26(35-28)13-9-15-32(25)42-3)33(40)36-27(17-23-12-7-8-14-29(23)37)31(39)20-43-34(41)22-10-5-4-6-11-22/h4-6,9-11,13,15,19,21,23-24,27,35H,7-8,12,14,16-18,20H2,1-3H3,(H,36,40)/t23-,24+,27-/m0/s1. The van der Waals surface area contributed by atoms with Crippen LogP contribution in [0.15, 0.2) is 54.6 Å². The summed E-state index contributed by atoms with van der Waals surface area (Å²) in [4.78, 5) is 68.6. The molecule has 1 fully saturated rings. The van der Waals surface area contributed by atoms with Crippen LogP contribution in [0.2, 0.25) is 0 Å². The third-order valence-corrected chi connectivity index (χ3v) is 7.96. The van der Waals surface area contributed by atoms with Gasteiger partial charge in [-0.25, -0.2) is 4.79 Å². The largest absolute Gasteiger partial charge is 0.496 e. The highest BCUT2D eigenvalue weighted by atomic mass is 16.5. The highest BCUT2D eigenvalue weighted by Gasteiger charge is 2.33. The van der Waals surface area contributed by atoms with Gasteiger partial charge in [-0.3, -0.25) is 19.2 Å². The van der Waals surface area contributed by atoms with Crippen LogP contribution < -0.4 is 10.1 Å². The number of fused-ring (bicyclic) bond motifs is 1. The van der Waals surface area contributed by atoms with E-state index in [2.05, 4.69) is 10.3 Å². The Morgan fingerprint density at radius 2 is 1.79 bits per heavy atom. The van der Waals surface area contributed by atoms with Gasteiger partial charge >= 0.3 is 5.97 Å². The minimum absolute atomic E-state index is 0.0641. The van der Waals surface area contributed by atoms with Gasteiger partial charge < -0.3 is 19.8 Å². The molecule has 1 amide bonds. The number of H-pyrrole nitrogens is 1. The second-order valence-electron chi connectivity index (χ2n) is 11.7. The molecule has 3 aromatic rings. The molecule has 1 saturated carbocycles. The number of carbonyl (C=O) groups excluding carboxylic acids is 5. The maximum absolute atomic E-state index is 13.7. The van der Waals surface area contributed by atoms with Crippen molar-refractivity contribution in [3.05, 3.63) is 65.9 Å². The number of ketones is 3. The zero-order valence-corrected chi connectivity index (χ0v) is 25.0. The van der Waals surface area contributed by atoms with Gasteiger partial charge in [-0.05, 0) is 61.9 Å². The topological polar surface area (TPSA) is 132 Å². The molecule has 0 saturated heterocycles. The van der Waals surface area contributed by atoms with Crippen molar-refractivity contribution >= 4 is 40.1 Å². The van der Waals surface area contributed by atoms with Gasteiger partial charge in [-0.15, -0.1) is 0 Å². The second-order valence-corrected chi connectivity index (χ2v) is 11.7. The van der Waals surface area contributed by atoms with Gasteiger partial charge in [0.2, 0.25) is 5.91 Å². The predicted octanol–water partition coefficient (Wildman–Crippen LogP) is 5.47. The molecule has 9 heteroatoms. The van der Waals surface area contributed by atoms with Crippen LogP contribution in [-0.2, 0) is 19.1 Å². The minimum Gasteiger partial charge on any atom is -0.496 e. The van der Waals surface area contributed by atoms with E-state index in [-0.39, 0.29) is 36.2 Å². The van der Waals surface area contributed by atoms with Crippen molar-refractivity contribution in [3.8, 4) is 5.75 Å². The summed E-state index contributed by atoms with van der Waals surface area (Å²) in [5.74, 6) is -2.07. The number of aromatic amines is 1. The van der Waals surface area contributed by atoms with Gasteiger partial charge in [0, 0.05) is 35.6 Å². The Morgan fingerprint density at radius 1 is 1.02 bits per heavy atom. The first-order valence-electron chi connectivity index (χ1n) is 14.9. The Bertz CT molecular complexity index is 1460. The van der Waals surface area contributed by atoms with Gasteiger partial charge in [0.15, 0.2) is 18.2 Å². The number of methoxy groups -OCH3 is 1. The van der Waals surface area contributed by atoms with E-state index in [1.807, 2.05) is 32.0 Å². The molecule has 228 valence electrons. The SMILES string of the molecule is COc1cccc2[nH]c(C(=O)C[C@@H](CC(C)C)C(=O)N[C@@H](C[C@@H]3CCCCC3=O)C(=O)COC(=O)c3ccccc3)cc12. The van der Waals surface area contributed by atoms with Crippen LogP contribution in [0.3, 0.4) is 0 Å². The summed E-state index contributed by atoms with van der Waals surface area (Å²) in [5.41, 5.74) is 1.43. The summed E-state index contributed by atoms with van der Waals surface area (Å²) < 4.78 is 10.7. The average Bonchev–Trinajstić information content (AvgIpc) is 3.45. The quantitative estimate of drug-likeness (QED) is 0.189. The van der Waals surface area contributed by atoms with E-state index >= 15 is 0 Å². The molecule has 0 radical (unpaired) electrons. The second kappa shape index (κ2) is 14.8. The molecule has 3 atom stereocenters. The highest BCUT2D eigenvalue weighted by Crippen LogP contribution is 2.28. The fourth-order valence-electron chi connectivity index (χ4n) is 5.69. The van der Waals surface area contributed by atoms with Crippen molar-refractivity contribution < 1.29 is 33.4 Å². The number of benzene rings is 2. The van der Waals surface area contributed by atoms with Gasteiger partial charge in [-0.1, -0.05) is 44.5 Å². The van der Waals surface area contributed by atoms with Crippen LogP contribution in [0.1, 0.15) is 79.6 Å². The molecule has 0 spiro atoms. The van der Waals surface area contributed by atoms with E-state index in [0.29, 0.717) is 36.3 Å². The maximum atomic E-state index is 13.7. The Kier molecular flexibility index (Phi) is 10.9. The first-order chi connectivity index (χ1) is 20.7. The van der Waals surface area contributed by atoms with Crippen molar-refractivity contribution in [2.45, 2.75) is 64.8 Å². The summed E-state index contributed by atoms with van der Waals surface area (Å²) >= 11 is 0. The van der Waals surface area contributed by atoms with Gasteiger partial charge in [-0.2, -0.15) is 0 Å². The molecule has 0 unspecified atom stereocenters. The number of aromatic nitrogens is 1. The molecule has 0 bridgehead atoms. The number of carbonyl (C=O) groups is 5. The smallest absolute Gasteiger partial charge is 0.338 e. The molecule has 2 aromatic carbocycles. The number of rotatable bonds is 14. The van der Waals surface area contributed by atoms with Crippen LogP contribution in [0.5, 0.6) is 5.75 Å². The molecule has 1 aromatic heterocycles.